The van der Waals surface area contributed by atoms with Crippen molar-refractivity contribution in [3.05, 3.63) is 0 Å². The lowest BCUT2D eigenvalue weighted by molar-refractivity contribution is -1.01. The Hall–Kier alpha value is 0.240. The zero-order valence-electron chi connectivity index (χ0n) is 33.7. The maximum absolute atomic E-state index is 12.4. The zero-order valence-corrected chi connectivity index (χ0v) is 38.0. The molecule has 0 aromatic carbocycles. The summed E-state index contributed by atoms with van der Waals surface area (Å²) < 4.78 is 15.8. The Morgan fingerprint density at radius 1 is 0.521 bits per heavy atom. The van der Waals surface area contributed by atoms with E-state index < -0.39 is 0 Å². The Balaban J connectivity index is 0. The second kappa shape index (κ2) is 23.0. The lowest BCUT2D eigenvalue weighted by Crippen LogP contribution is -3.00. The molecule has 0 N–H and O–H groups in total. The molecule has 0 aromatic heterocycles. The molecule has 0 saturated carbocycles. The molecule has 2 heterocycles. The summed E-state index contributed by atoms with van der Waals surface area (Å²) in [6, 6.07) is 0. The minimum atomic E-state index is -0.291. The van der Waals surface area contributed by atoms with E-state index in [4.69, 9.17) is 9.47 Å². The highest BCUT2D eigenvalue weighted by Crippen LogP contribution is 2.31. The largest absolute Gasteiger partial charge is 1.00 e. The van der Waals surface area contributed by atoms with Gasteiger partial charge in [0.15, 0.2) is 0 Å². The number of esters is 2. The number of hydrogen-bond donors (Lipinski definition) is 0. The van der Waals surface area contributed by atoms with E-state index in [2.05, 4.69) is 83.8 Å². The summed E-state index contributed by atoms with van der Waals surface area (Å²) in [6.45, 7) is 25.9. The molecule has 0 aliphatic carbocycles. The predicted molar refractivity (Wildman–Crippen MR) is 192 cm³/mol. The van der Waals surface area contributed by atoms with Crippen molar-refractivity contribution in [1.29, 1.82) is 0 Å². The van der Waals surface area contributed by atoms with E-state index in [1.165, 1.54) is 52.4 Å². The molecule has 0 bridgehead atoms. The van der Waals surface area contributed by atoms with Crippen LogP contribution in [0.3, 0.4) is 0 Å². The maximum atomic E-state index is 12.4. The first kappa shape index (κ1) is 50.3. The number of hydrogen-bond acceptors (Lipinski definition) is 4. The molecule has 0 spiro atoms. The van der Waals surface area contributed by atoms with Gasteiger partial charge in [0.2, 0.25) is 0 Å². The zero-order chi connectivity index (χ0) is 35.1. The second-order valence-electron chi connectivity index (χ2n) is 17.4. The number of piperazine rings is 2. The first-order chi connectivity index (χ1) is 21.3. The van der Waals surface area contributed by atoms with Gasteiger partial charge in [0, 0.05) is 12.8 Å². The molecule has 0 amide bonds. The van der Waals surface area contributed by atoms with Gasteiger partial charge in [-0.2, -0.15) is 0 Å². The molecular weight excluding hydrogens is 830 g/mol. The van der Waals surface area contributed by atoms with E-state index in [1.807, 2.05) is 0 Å². The van der Waals surface area contributed by atoms with Gasteiger partial charge < -0.3 is 75.4 Å². The van der Waals surface area contributed by atoms with Crippen molar-refractivity contribution in [2.45, 2.75) is 106 Å². The van der Waals surface area contributed by atoms with Crippen molar-refractivity contribution >= 4 is 11.9 Å². The summed E-state index contributed by atoms with van der Waals surface area (Å²) in [5.74, 6) is 0.0140. The molecule has 2 aliphatic heterocycles. The molecular formula is C38H80I2N4O4+2. The molecule has 10 heteroatoms. The quantitative estimate of drug-likeness (QED) is 0.0852. The number of likely N-dealkylation sites (N-methyl/N-ethyl adjacent to an activating group) is 4. The van der Waals surface area contributed by atoms with E-state index in [0.717, 1.165) is 95.2 Å². The van der Waals surface area contributed by atoms with Gasteiger partial charge in [0.05, 0.1) is 79.4 Å². The summed E-state index contributed by atoms with van der Waals surface area (Å²) in [6.07, 6.45) is 10.0. The van der Waals surface area contributed by atoms with Crippen LogP contribution in [-0.4, -0.2) is 151 Å². The van der Waals surface area contributed by atoms with E-state index in [9.17, 15) is 9.59 Å². The lowest BCUT2D eigenvalue weighted by atomic mass is 9.82. The Morgan fingerprint density at radius 3 is 1.06 bits per heavy atom. The Labute approximate surface area is 332 Å². The van der Waals surface area contributed by atoms with Crippen molar-refractivity contribution in [2.24, 2.45) is 10.8 Å². The van der Waals surface area contributed by atoms with E-state index in [1.54, 1.807) is 0 Å². The van der Waals surface area contributed by atoms with Gasteiger partial charge in [-0.25, -0.2) is 0 Å². The van der Waals surface area contributed by atoms with Crippen LogP contribution in [0.1, 0.15) is 106 Å². The first-order valence-corrected chi connectivity index (χ1v) is 19.0. The molecule has 48 heavy (non-hydrogen) atoms. The normalized spacial score (nSPS) is 21.4. The maximum Gasteiger partial charge on any atom is 0.311 e. The highest BCUT2D eigenvalue weighted by Gasteiger charge is 2.37. The molecule has 2 atom stereocenters. The Morgan fingerprint density at radius 2 is 0.812 bits per heavy atom. The van der Waals surface area contributed by atoms with Gasteiger partial charge in [0.1, 0.15) is 52.4 Å². The van der Waals surface area contributed by atoms with Crippen molar-refractivity contribution < 1.29 is 84.9 Å². The number of quaternary nitrogens is 4. The third-order valence-electron chi connectivity index (χ3n) is 11.8. The molecule has 2 unspecified atom stereocenters. The van der Waals surface area contributed by atoms with Gasteiger partial charge in [-0.15, -0.1) is 0 Å². The highest BCUT2D eigenvalue weighted by molar-refractivity contribution is 5.76. The number of nitrogens with zero attached hydrogens (tertiary/aromatic N) is 4. The number of rotatable bonds is 18. The predicted octanol–water partition coefficient (Wildman–Crippen LogP) is 0.134. The van der Waals surface area contributed by atoms with Crippen LogP contribution in [0.4, 0.5) is 0 Å². The second-order valence-corrected chi connectivity index (χ2v) is 17.4. The average Bonchev–Trinajstić information content (AvgIpc) is 3.02. The van der Waals surface area contributed by atoms with Crippen molar-refractivity contribution in [3.63, 3.8) is 0 Å². The fourth-order valence-electron chi connectivity index (χ4n) is 6.49. The number of carbonyl (C=O) groups is 2. The van der Waals surface area contributed by atoms with Crippen molar-refractivity contribution in [3.8, 4) is 0 Å². The number of ether oxygens (including phenoxy) is 2. The standard InChI is InChI=1S/2C19H40N2O2.2HI/c2*1-7-9-11-19(3,8-2)18(22)23-17-10-12-21(6)15-13-20(4,5)14-16-21;;/h2*7-17H2,1-6H3;2*1H/q2*+2;;/p-2. The fourth-order valence-corrected chi connectivity index (χ4v) is 6.49. The van der Waals surface area contributed by atoms with Crippen LogP contribution < -0.4 is 48.0 Å². The summed E-state index contributed by atoms with van der Waals surface area (Å²) in [5, 5.41) is 0. The fraction of sp³-hybridized carbons (Fsp3) is 0.947. The summed E-state index contributed by atoms with van der Waals surface area (Å²) in [4.78, 5) is 24.8. The molecule has 0 aromatic rings. The van der Waals surface area contributed by atoms with Crippen LogP contribution in [0.25, 0.3) is 0 Å². The van der Waals surface area contributed by atoms with Gasteiger partial charge >= 0.3 is 11.9 Å². The van der Waals surface area contributed by atoms with E-state index in [-0.39, 0.29) is 70.7 Å². The Bertz CT molecular complexity index is 827. The molecule has 2 saturated heterocycles. The lowest BCUT2D eigenvalue weighted by Gasteiger charge is -2.44. The van der Waals surface area contributed by atoms with Crippen LogP contribution in [0.15, 0.2) is 0 Å². The minimum absolute atomic E-state index is 0. The molecule has 0 radical (unpaired) electrons. The number of carbonyl (C=O) groups excluding carboxylic acids is 2. The summed E-state index contributed by atoms with van der Waals surface area (Å²) in [5.41, 5.74) is -0.581. The monoisotopic (exact) mass is 910 g/mol. The van der Waals surface area contributed by atoms with Crippen LogP contribution in [0.2, 0.25) is 0 Å². The van der Waals surface area contributed by atoms with E-state index >= 15 is 0 Å². The van der Waals surface area contributed by atoms with E-state index in [0.29, 0.717) is 13.2 Å². The van der Waals surface area contributed by atoms with Gasteiger partial charge in [-0.3, -0.25) is 9.59 Å². The van der Waals surface area contributed by atoms with Crippen LogP contribution in [0, 0.1) is 10.8 Å². The smallest absolute Gasteiger partial charge is 0.311 e. The van der Waals surface area contributed by atoms with Gasteiger partial charge in [0.25, 0.3) is 0 Å². The van der Waals surface area contributed by atoms with Crippen LogP contribution >= 0.6 is 0 Å². The first-order valence-electron chi connectivity index (χ1n) is 19.0. The summed E-state index contributed by atoms with van der Waals surface area (Å²) >= 11 is 0. The molecule has 2 aliphatic rings. The minimum Gasteiger partial charge on any atom is -1.00 e. The highest BCUT2D eigenvalue weighted by atomic mass is 127. The molecule has 2 rings (SSSR count). The van der Waals surface area contributed by atoms with Crippen molar-refractivity contribution in [2.75, 3.05) is 121 Å². The number of unbranched alkanes of at least 4 members (excludes halogenated alkanes) is 2. The molecule has 2 fully saturated rings. The Kier molecular flexibility index (Phi) is 24.1. The van der Waals surface area contributed by atoms with Gasteiger partial charge in [-0.1, -0.05) is 53.4 Å². The third-order valence-corrected chi connectivity index (χ3v) is 11.8. The topological polar surface area (TPSA) is 52.6 Å². The van der Waals surface area contributed by atoms with Crippen LogP contribution in [-0.2, 0) is 19.1 Å². The van der Waals surface area contributed by atoms with Crippen molar-refractivity contribution in [1.82, 2.24) is 0 Å². The number of halogens is 2. The molecule has 8 nitrogen and oxygen atoms in total. The SMILES string of the molecule is CCCCC(C)(CC)C(=O)OCCC[N+]1(C)CC[N+](C)(C)CC1.CCCCC(C)(CC)C(=O)OCCC[N+]1(C)CC[N+](C)(C)CC1.[I-].[I-]. The molecule has 288 valence electrons. The third kappa shape index (κ3) is 18.1. The van der Waals surface area contributed by atoms with Gasteiger partial charge in [-0.05, 0) is 39.5 Å². The van der Waals surface area contributed by atoms with Crippen LogP contribution in [0.5, 0.6) is 0 Å². The summed E-state index contributed by atoms with van der Waals surface area (Å²) in [7, 11) is 13.9. The average molecular weight is 911 g/mol.